The Morgan fingerprint density at radius 3 is 2.62 bits per heavy atom. The molecule has 0 fully saturated rings. The molecule has 0 radical (unpaired) electrons. The van der Waals surface area contributed by atoms with Gasteiger partial charge in [-0.3, -0.25) is 4.68 Å². The van der Waals surface area contributed by atoms with Crippen LogP contribution in [0.4, 0.5) is 5.82 Å². The third kappa shape index (κ3) is 2.52. The number of anilines is 1. The second-order valence-electron chi connectivity index (χ2n) is 5.84. The van der Waals surface area contributed by atoms with Gasteiger partial charge in [-0.2, -0.15) is 14.7 Å². The van der Waals surface area contributed by atoms with Gasteiger partial charge in [-0.05, 0) is 11.6 Å². The average molecular weight is 318 g/mol. The van der Waals surface area contributed by atoms with Crippen LogP contribution >= 0.6 is 0 Å². The Labute approximate surface area is 140 Å². The fourth-order valence-corrected chi connectivity index (χ4v) is 2.87. The monoisotopic (exact) mass is 318 g/mol. The predicted molar refractivity (Wildman–Crippen MR) is 93.7 cm³/mol. The van der Waals surface area contributed by atoms with E-state index in [-0.39, 0.29) is 0 Å². The number of aromatic nitrogens is 5. The van der Waals surface area contributed by atoms with Crippen LogP contribution in [0.25, 0.3) is 16.8 Å². The number of rotatable bonds is 4. The van der Waals surface area contributed by atoms with Crippen LogP contribution in [0.1, 0.15) is 5.56 Å². The summed E-state index contributed by atoms with van der Waals surface area (Å²) in [5.41, 5.74) is 4.09. The van der Waals surface area contributed by atoms with Gasteiger partial charge in [-0.25, -0.2) is 4.98 Å². The summed E-state index contributed by atoms with van der Waals surface area (Å²) in [7, 11) is 3.97. The molecule has 0 bridgehead atoms. The maximum absolute atomic E-state index is 4.54. The quantitative estimate of drug-likeness (QED) is 0.580. The molecule has 0 amide bonds. The minimum absolute atomic E-state index is 0.808. The molecule has 24 heavy (non-hydrogen) atoms. The molecule has 1 aromatic carbocycles. The summed E-state index contributed by atoms with van der Waals surface area (Å²) in [5.74, 6) is 0.999. The van der Waals surface area contributed by atoms with Crippen molar-refractivity contribution in [3.05, 3.63) is 66.7 Å². The zero-order chi connectivity index (χ0) is 16.5. The number of hydrogen-bond donors (Lipinski definition) is 0. The Bertz CT molecular complexity index is 970. The molecule has 0 aliphatic rings. The first-order valence-corrected chi connectivity index (χ1v) is 7.79. The normalized spacial score (nSPS) is 11.1. The minimum atomic E-state index is 0.808. The molecule has 0 spiro atoms. The molecule has 3 heterocycles. The van der Waals surface area contributed by atoms with Crippen LogP contribution < -0.4 is 4.90 Å². The van der Waals surface area contributed by atoms with Gasteiger partial charge in [-0.1, -0.05) is 30.3 Å². The molecule has 4 aromatic rings. The summed E-state index contributed by atoms with van der Waals surface area (Å²) in [5, 5.41) is 8.78. The number of benzene rings is 1. The molecule has 6 heteroatoms. The van der Waals surface area contributed by atoms with Crippen LogP contribution in [0, 0.1) is 0 Å². The molecule has 0 N–H and O–H groups in total. The van der Waals surface area contributed by atoms with Gasteiger partial charge in [0.2, 0.25) is 0 Å². The first-order chi connectivity index (χ1) is 11.7. The van der Waals surface area contributed by atoms with E-state index in [1.807, 2.05) is 48.5 Å². The molecule has 0 aliphatic heterocycles. The Morgan fingerprint density at radius 1 is 1.04 bits per heavy atom. The largest absolute Gasteiger partial charge is 0.355 e. The van der Waals surface area contributed by atoms with Crippen LogP contribution in [-0.4, -0.2) is 31.4 Å². The van der Waals surface area contributed by atoms with E-state index in [2.05, 4.69) is 51.4 Å². The Balaban J connectivity index is 1.73. The van der Waals surface area contributed by atoms with E-state index in [0.29, 0.717) is 0 Å². The highest BCUT2D eigenvalue weighted by atomic mass is 15.3. The number of aryl methyl sites for hydroxylation is 1. The van der Waals surface area contributed by atoms with Gasteiger partial charge < -0.3 is 4.90 Å². The summed E-state index contributed by atoms with van der Waals surface area (Å²) >= 11 is 0. The van der Waals surface area contributed by atoms with Crippen molar-refractivity contribution in [1.82, 2.24) is 24.4 Å². The lowest BCUT2D eigenvalue weighted by atomic mass is 10.2. The summed E-state index contributed by atoms with van der Waals surface area (Å²) in [6, 6.07) is 12.4. The maximum Gasteiger partial charge on any atom is 0.165 e. The SMILES string of the molecule is CN(Cc1ccccc1)c1ccnc2c(-c3cnn(C)c3)cnn12. The summed E-state index contributed by atoms with van der Waals surface area (Å²) in [4.78, 5) is 6.68. The summed E-state index contributed by atoms with van der Waals surface area (Å²) in [6.07, 6.45) is 7.48. The van der Waals surface area contributed by atoms with E-state index in [1.54, 1.807) is 4.68 Å². The third-order valence-electron chi connectivity index (χ3n) is 4.05. The predicted octanol–water partition coefficient (Wildman–Crippen LogP) is 2.77. The van der Waals surface area contributed by atoms with E-state index >= 15 is 0 Å². The van der Waals surface area contributed by atoms with Crippen molar-refractivity contribution < 1.29 is 0 Å². The van der Waals surface area contributed by atoms with Gasteiger partial charge in [0.15, 0.2) is 5.65 Å². The molecular weight excluding hydrogens is 300 g/mol. The molecule has 0 unspecified atom stereocenters. The molecule has 3 aromatic heterocycles. The zero-order valence-corrected chi connectivity index (χ0v) is 13.7. The van der Waals surface area contributed by atoms with Crippen LogP contribution in [0.15, 0.2) is 61.2 Å². The van der Waals surface area contributed by atoms with E-state index in [0.717, 1.165) is 29.1 Å². The molecule has 0 saturated carbocycles. The van der Waals surface area contributed by atoms with Crippen LogP contribution in [-0.2, 0) is 13.6 Å². The molecule has 0 atom stereocenters. The Morgan fingerprint density at radius 2 is 1.88 bits per heavy atom. The van der Waals surface area contributed by atoms with Crippen molar-refractivity contribution in [1.29, 1.82) is 0 Å². The maximum atomic E-state index is 4.54. The highest BCUT2D eigenvalue weighted by molar-refractivity contribution is 5.77. The molecule has 0 aliphatic carbocycles. The highest BCUT2D eigenvalue weighted by Crippen LogP contribution is 2.25. The topological polar surface area (TPSA) is 51.2 Å². The van der Waals surface area contributed by atoms with Gasteiger partial charge in [-0.15, -0.1) is 0 Å². The standard InChI is InChI=1S/C18H18N6/c1-22(12-14-6-4-3-5-7-14)17-8-9-19-18-16(11-21-24(17)18)15-10-20-23(2)13-15/h3-11,13H,12H2,1-2H3. The van der Waals surface area contributed by atoms with Gasteiger partial charge in [0.05, 0.1) is 12.4 Å². The van der Waals surface area contributed by atoms with Gasteiger partial charge in [0, 0.05) is 44.2 Å². The minimum Gasteiger partial charge on any atom is -0.355 e. The Hall–Kier alpha value is -3.15. The molecule has 120 valence electrons. The summed E-state index contributed by atoms with van der Waals surface area (Å²) < 4.78 is 3.66. The molecule has 6 nitrogen and oxygen atoms in total. The van der Waals surface area contributed by atoms with E-state index in [4.69, 9.17) is 0 Å². The Kier molecular flexibility index (Phi) is 3.49. The number of nitrogens with zero attached hydrogens (tertiary/aromatic N) is 6. The van der Waals surface area contributed by atoms with Crippen LogP contribution in [0.2, 0.25) is 0 Å². The molecule has 0 saturated heterocycles. The lowest BCUT2D eigenvalue weighted by Crippen LogP contribution is -2.19. The second kappa shape index (κ2) is 5.81. The zero-order valence-electron chi connectivity index (χ0n) is 13.7. The van der Waals surface area contributed by atoms with Gasteiger partial charge >= 0.3 is 0 Å². The fourth-order valence-electron chi connectivity index (χ4n) is 2.87. The van der Waals surface area contributed by atoms with Crippen molar-refractivity contribution >= 4 is 11.5 Å². The second-order valence-corrected chi connectivity index (χ2v) is 5.84. The first-order valence-electron chi connectivity index (χ1n) is 7.79. The van der Waals surface area contributed by atoms with Crippen LogP contribution in [0.3, 0.4) is 0 Å². The van der Waals surface area contributed by atoms with Crippen molar-refractivity contribution in [2.75, 3.05) is 11.9 Å². The van der Waals surface area contributed by atoms with Crippen molar-refractivity contribution in [2.45, 2.75) is 6.54 Å². The lowest BCUT2D eigenvalue weighted by molar-refractivity contribution is 0.768. The van der Waals surface area contributed by atoms with Crippen LogP contribution in [0.5, 0.6) is 0 Å². The first kappa shape index (κ1) is 14.4. The van der Waals surface area contributed by atoms with E-state index in [9.17, 15) is 0 Å². The van der Waals surface area contributed by atoms with Gasteiger partial charge in [0.1, 0.15) is 5.82 Å². The molecule has 4 rings (SSSR count). The average Bonchev–Trinajstić information content (AvgIpc) is 3.21. The summed E-state index contributed by atoms with van der Waals surface area (Å²) in [6.45, 7) is 0.808. The highest BCUT2D eigenvalue weighted by Gasteiger charge is 2.14. The van der Waals surface area contributed by atoms with E-state index < -0.39 is 0 Å². The molecular formula is C18H18N6. The number of hydrogen-bond acceptors (Lipinski definition) is 4. The van der Waals surface area contributed by atoms with Crippen molar-refractivity contribution in [3.8, 4) is 11.1 Å². The number of fused-ring (bicyclic) bond motifs is 1. The third-order valence-corrected chi connectivity index (χ3v) is 4.05. The van der Waals surface area contributed by atoms with E-state index in [1.165, 1.54) is 5.56 Å². The van der Waals surface area contributed by atoms with Crippen molar-refractivity contribution in [3.63, 3.8) is 0 Å². The van der Waals surface area contributed by atoms with Crippen molar-refractivity contribution in [2.24, 2.45) is 7.05 Å². The lowest BCUT2D eigenvalue weighted by Gasteiger charge is -2.19. The smallest absolute Gasteiger partial charge is 0.165 e. The van der Waals surface area contributed by atoms with Gasteiger partial charge in [0.25, 0.3) is 0 Å². The fraction of sp³-hybridized carbons (Fsp3) is 0.167.